The Morgan fingerprint density at radius 2 is 2.41 bits per heavy atom. The van der Waals surface area contributed by atoms with Crippen molar-refractivity contribution < 1.29 is 10.0 Å². The molecule has 17 heavy (non-hydrogen) atoms. The molecule has 0 spiro atoms. The Balaban J connectivity index is 2.73. The van der Waals surface area contributed by atoms with Crippen LogP contribution in [0.4, 0.5) is 0 Å². The third kappa shape index (κ3) is 3.38. The normalized spacial score (nSPS) is 13.4. The molecule has 0 saturated heterocycles. The summed E-state index contributed by atoms with van der Waals surface area (Å²) in [5, 5.41) is 17.8. The third-order valence-corrected chi connectivity index (χ3v) is 2.92. The predicted molar refractivity (Wildman–Crippen MR) is 64.2 cm³/mol. The molecule has 0 fully saturated rings. The van der Waals surface area contributed by atoms with Gasteiger partial charge in [0.25, 0.3) is 5.91 Å². The van der Waals surface area contributed by atoms with E-state index in [0.29, 0.717) is 17.0 Å². The van der Waals surface area contributed by atoms with Crippen molar-refractivity contribution in [1.82, 2.24) is 14.9 Å². The fourth-order valence-electron chi connectivity index (χ4n) is 1.20. The number of rotatable bonds is 5. The first-order chi connectivity index (χ1) is 8.10. The maximum absolute atomic E-state index is 11.9. The van der Waals surface area contributed by atoms with Crippen molar-refractivity contribution >= 4 is 23.3 Å². The summed E-state index contributed by atoms with van der Waals surface area (Å²) in [7, 11) is 0. The number of hydrogen-bond acceptors (Lipinski definition) is 6. The van der Waals surface area contributed by atoms with E-state index in [1.807, 2.05) is 6.92 Å². The number of nitrogens with one attached hydrogen (secondary N) is 1. The van der Waals surface area contributed by atoms with Crippen molar-refractivity contribution in [2.24, 2.45) is 10.9 Å². The van der Waals surface area contributed by atoms with Gasteiger partial charge in [-0.1, -0.05) is 23.0 Å². The van der Waals surface area contributed by atoms with Gasteiger partial charge in [-0.05, 0) is 24.9 Å². The molecule has 1 rings (SSSR count). The Hall–Kier alpha value is -1.70. The van der Waals surface area contributed by atoms with Gasteiger partial charge in [-0.3, -0.25) is 4.79 Å². The second kappa shape index (κ2) is 6.14. The van der Waals surface area contributed by atoms with Crippen LogP contribution in [0.2, 0.25) is 0 Å². The third-order valence-electron chi connectivity index (χ3n) is 2.16. The molecule has 8 heteroatoms. The monoisotopic (exact) mass is 257 g/mol. The fourth-order valence-corrected chi connectivity index (χ4v) is 1.82. The van der Waals surface area contributed by atoms with E-state index >= 15 is 0 Å². The van der Waals surface area contributed by atoms with Crippen molar-refractivity contribution in [2.45, 2.75) is 32.7 Å². The molecule has 0 saturated carbocycles. The van der Waals surface area contributed by atoms with E-state index in [1.54, 1.807) is 6.92 Å². The highest BCUT2D eigenvalue weighted by atomic mass is 32.1. The minimum Gasteiger partial charge on any atom is -0.409 e. The van der Waals surface area contributed by atoms with Gasteiger partial charge in [0.2, 0.25) is 0 Å². The molecule has 1 unspecified atom stereocenters. The molecule has 4 N–H and O–H groups in total. The highest BCUT2D eigenvalue weighted by Gasteiger charge is 2.18. The van der Waals surface area contributed by atoms with Crippen LogP contribution in [-0.4, -0.2) is 32.6 Å². The van der Waals surface area contributed by atoms with Crippen molar-refractivity contribution in [3.05, 3.63) is 10.6 Å². The van der Waals surface area contributed by atoms with E-state index in [9.17, 15) is 4.79 Å². The molecule has 1 atom stereocenters. The first-order valence-corrected chi connectivity index (χ1v) is 5.97. The maximum Gasteiger partial charge on any atom is 0.265 e. The topological polar surface area (TPSA) is 113 Å². The number of aromatic nitrogens is 2. The first-order valence-electron chi connectivity index (χ1n) is 5.19. The first kappa shape index (κ1) is 13.4. The number of carbonyl (C=O) groups excluding carboxylic acids is 1. The van der Waals surface area contributed by atoms with Gasteiger partial charge in [0.05, 0.1) is 11.7 Å². The molecule has 1 aromatic rings. The lowest BCUT2D eigenvalue weighted by Gasteiger charge is -2.11. The van der Waals surface area contributed by atoms with Gasteiger partial charge < -0.3 is 16.3 Å². The number of nitrogens with two attached hydrogens (primary N) is 1. The molecular formula is C9H15N5O2S. The Bertz CT molecular complexity index is 417. The summed E-state index contributed by atoms with van der Waals surface area (Å²) >= 11 is 1.04. The van der Waals surface area contributed by atoms with Crippen LogP contribution in [0.3, 0.4) is 0 Å². The van der Waals surface area contributed by atoms with Crippen LogP contribution in [0.5, 0.6) is 0 Å². The van der Waals surface area contributed by atoms with Crippen molar-refractivity contribution in [2.75, 3.05) is 0 Å². The minimum atomic E-state index is -0.538. The van der Waals surface area contributed by atoms with E-state index < -0.39 is 6.04 Å². The van der Waals surface area contributed by atoms with Crippen LogP contribution in [0.15, 0.2) is 5.16 Å². The molecule has 0 aliphatic rings. The molecule has 94 valence electrons. The number of amidine groups is 1. The van der Waals surface area contributed by atoms with E-state index in [4.69, 9.17) is 10.9 Å². The standard InChI is InChI=1S/C9H15N5O2S/c1-3-4-6-7(17-14-12-6)9(15)11-5(2)8(10)13-16/h5,16H,3-4H2,1-2H3,(H2,10,13)(H,11,15). The van der Waals surface area contributed by atoms with E-state index in [1.165, 1.54) is 0 Å². The van der Waals surface area contributed by atoms with E-state index in [0.717, 1.165) is 18.0 Å². The quantitative estimate of drug-likeness (QED) is 0.305. The number of carbonyl (C=O) groups is 1. The molecule has 1 heterocycles. The van der Waals surface area contributed by atoms with Gasteiger partial charge >= 0.3 is 0 Å². The van der Waals surface area contributed by atoms with Gasteiger partial charge in [0.1, 0.15) is 4.88 Å². The number of amides is 1. The van der Waals surface area contributed by atoms with Gasteiger partial charge in [0, 0.05) is 0 Å². The Morgan fingerprint density at radius 1 is 1.71 bits per heavy atom. The van der Waals surface area contributed by atoms with Crippen LogP contribution in [-0.2, 0) is 6.42 Å². The smallest absolute Gasteiger partial charge is 0.265 e. The van der Waals surface area contributed by atoms with Gasteiger partial charge in [-0.2, -0.15) is 0 Å². The highest BCUT2D eigenvalue weighted by molar-refractivity contribution is 7.08. The lowest BCUT2D eigenvalue weighted by atomic mass is 10.2. The minimum absolute atomic E-state index is 0.0483. The molecule has 0 bridgehead atoms. The van der Waals surface area contributed by atoms with Gasteiger partial charge in [-0.25, -0.2) is 0 Å². The molecular weight excluding hydrogens is 242 g/mol. The van der Waals surface area contributed by atoms with Crippen LogP contribution >= 0.6 is 11.5 Å². The number of hydrogen-bond donors (Lipinski definition) is 3. The second-order valence-corrected chi connectivity index (χ2v) is 4.27. The summed E-state index contributed by atoms with van der Waals surface area (Å²) in [6, 6.07) is -0.538. The molecule has 1 aromatic heterocycles. The van der Waals surface area contributed by atoms with E-state index in [2.05, 4.69) is 20.1 Å². The maximum atomic E-state index is 11.9. The molecule has 0 aromatic carbocycles. The van der Waals surface area contributed by atoms with Crippen LogP contribution in [0, 0.1) is 0 Å². The fraction of sp³-hybridized carbons (Fsp3) is 0.556. The highest BCUT2D eigenvalue weighted by Crippen LogP contribution is 2.12. The molecule has 1 amide bonds. The second-order valence-electron chi connectivity index (χ2n) is 3.52. The van der Waals surface area contributed by atoms with E-state index in [-0.39, 0.29) is 11.7 Å². The summed E-state index contributed by atoms with van der Waals surface area (Å²) in [5.41, 5.74) is 6.05. The summed E-state index contributed by atoms with van der Waals surface area (Å²) < 4.78 is 3.75. The molecule has 0 aliphatic carbocycles. The molecule has 0 aliphatic heterocycles. The number of oxime groups is 1. The number of nitrogens with zero attached hydrogens (tertiary/aromatic N) is 3. The van der Waals surface area contributed by atoms with Crippen LogP contribution in [0.25, 0.3) is 0 Å². The average molecular weight is 257 g/mol. The summed E-state index contributed by atoms with van der Waals surface area (Å²) in [4.78, 5) is 12.3. The van der Waals surface area contributed by atoms with Gasteiger partial charge in [0.15, 0.2) is 5.84 Å². The Labute approximate surface area is 103 Å². The zero-order chi connectivity index (χ0) is 12.8. The van der Waals surface area contributed by atoms with Crippen LogP contribution < -0.4 is 11.1 Å². The summed E-state index contributed by atoms with van der Waals surface area (Å²) in [6.07, 6.45) is 1.60. The molecule has 7 nitrogen and oxygen atoms in total. The average Bonchev–Trinajstić information content (AvgIpc) is 2.76. The summed E-state index contributed by atoms with van der Waals surface area (Å²) in [6.45, 7) is 3.63. The Kier molecular flexibility index (Phi) is 4.83. The lowest BCUT2D eigenvalue weighted by molar-refractivity contribution is 0.0951. The van der Waals surface area contributed by atoms with Gasteiger partial charge in [-0.15, -0.1) is 5.10 Å². The van der Waals surface area contributed by atoms with Crippen molar-refractivity contribution in [1.29, 1.82) is 0 Å². The van der Waals surface area contributed by atoms with Crippen LogP contribution in [0.1, 0.15) is 35.6 Å². The SMILES string of the molecule is CCCc1nnsc1C(=O)NC(C)C(N)=NO. The zero-order valence-electron chi connectivity index (χ0n) is 9.67. The Morgan fingerprint density at radius 3 is 3.00 bits per heavy atom. The number of aryl methyl sites for hydroxylation is 1. The van der Waals surface area contributed by atoms with Crippen molar-refractivity contribution in [3.8, 4) is 0 Å². The molecule has 0 radical (unpaired) electrons. The van der Waals surface area contributed by atoms with Crippen molar-refractivity contribution in [3.63, 3.8) is 0 Å². The largest absolute Gasteiger partial charge is 0.409 e. The zero-order valence-corrected chi connectivity index (χ0v) is 10.5. The lowest BCUT2D eigenvalue weighted by Crippen LogP contribution is -2.42. The summed E-state index contributed by atoms with van der Waals surface area (Å²) in [5.74, 6) is -0.351. The predicted octanol–water partition coefficient (Wildman–Crippen LogP) is 0.355.